The number of nitrogens with zero attached hydrogens (tertiary/aromatic N) is 5. The van der Waals surface area contributed by atoms with Crippen molar-refractivity contribution >= 4 is 27.8 Å². The molecule has 1 atom stereocenters. The Bertz CT molecular complexity index is 1330. The van der Waals surface area contributed by atoms with E-state index in [2.05, 4.69) is 41.1 Å². The quantitative estimate of drug-likeness (QED) is 0.508. The number of phenolic OH excluding ortho intramolecular Hbond substituents is 1. The third kappa shape index (κ3) is 3.75. The van der Waals surface area contributed by atoms with Crippen LogP contribution in [-0.4, -0.2) is 49.5 Å². The number of hydrogen-bond donors (Lipinski definition) is 2. The number of aryl methyl sites for hydroxylation is 1. The molecular formula is C24H27FN6O. The lowest BCUT2D eigenvalue weighted by Gasteiger charge is -2.26. The van der Waals surface area contributed by atoms with E-state index in [0.717, 1.165) is 30.8 Å². The van der Waals surface area contributed by atoms with Crippen LogP contribution in [-0.2, 0) is 7.05 Å². The lowest BCUT2D eigenvalue weighted by atomic mass is 10.1. The summed E-state index contributed by atoms with van der Waals surface area (Å²) in [5.41, 5.74) is 2.52. The van der Waals surface area contributed by atoms with E-state index in [-0.39, 0.29) is 11.1 Å². The lowest BCUT2D eigenvalue weighted by molar-refractivity contribution is 0.373. The Balaban J connectivity index is 1.45. The molecule has 0 radical (unpaired) electrons. The number of pyridine rings is 2. The zero-order valence-electron chi connectivity index (χ0n) is 18.7. The van der Waals surface area contributed by atoms with Crippen LogP contribution in [0.4, 0.5) is 10.2 Å². The predicted molar refractivity (Wildman–Crippen MR) is 124 cm³/mol. The average Bonchev–Trinajstić information content (AvgIpc) is 3.34. The summed E-state index contributed by atoms with van der Waals surface area (Å²) in [6.07, 6.45) is 2.80. The molecule has 166 valence electrons. The van der Waals surface area contributed by atoms with Gasteiger partial charge in [-0.25, -0.2) is 14.4 Å². The maximum Gasteiger partial charge on any atom is 0.193 e. The van der Waals surface area contributed by atoms with Crippen LogP contribution in [0.2, 0.25) is 0 Å². The Morgan fingerprint density at radius 3 is 2.66 bits per heavy atom. The molecule has 2 N–H and O–H groups in total. The Hall–Kier alpha value is -3.26. The normalized spacial score (nSPS) is 17.0. The summed E-state index contributed by atoms with van der Waals surface area (Å²) in [5.74, 6) is -0.251. The first-order valence-electron chi connectivity index (χ1n) is 10.8. The second-order valence-electron chi connectivity index (χ2n) is 9.56. The molecule has 4 aromatic rings. The van der Waals surface area contributed by atoms with E-state index in [9.17, 15) is 9.50 Å². The van der Waals surface area contributed by atoms with Crippen LogP contribution in [0.15, 0.2) is 36.5 Å². The Labute approximate surface area is 185 Å². The summed E-state index contributed by atoms with van der Waals surface area (Å²) in [7, 11) is 1.72. The van der Waals surface area contributed by atoms with Gasteiger partial charge in [-0.15, -0.1) is 0 Å². The van der Waals surface area contributed by atoms with Gasteiger partial charge in [-0.3, -0.25) is 4.68 Å². The van der Waals surface area contributed by atoms with Gasteiger partial charge >= 0.3 is 0 Å². The van der Waals surface area contributed by atoms with Crippen molar-refractivity contribution in [3.05, 3.63) is 42.3 Å². The van der Waals surface area contributed by atoms with Gasteiger partial charge in [0.1, 0.15) is 11.3 Å². The number of phenols is 1. The van der Waals surface area contributed by atoms with E-state index >= 15 is 0 Å². The molecule has 0 unspecified atom stereocenters. The van der Waals surface area contributed by atoms with Crippen molar-refractivity contribution in [1.29, 1.82) is 0 Å². The van der Waals surface area contributed by atoms with Crippen molar-refractivity contribution in [1.82, 2.24) is 25.1 Å². The summed E-state index contributed by atoms with van der Waals surface area (Å²) in [6.45, 7) is 8.42. The minimum atomic E-state index is -0.735. The highest BCUT2D eigenvalue weighted by Crippen LogP contribution is 2.36. The van der Waals surface area contributed by atoms with Crippen LogP contribution in [0.5, 0.6) is 5.75 Å². The predicted octanol–water partition coefficient (Wildman–Crippen LogP) is 4.00. The van der Waals surface area contributed by atoms with Gasteiger partial charge in [-0.05, 0) is 57.5 Å². The molecule has 1 fully saturated rings. The molecule has 0 spiro atoms. The summed E-state index contributed by atoms with van der Waals surface area (Å²) in [5, 5.41) is 18.8. The molecule has 32 heavy (non-hydrogen) atoms. The Kier molecular flexibility index (Phi) is 4.78. The number of nitrogens with one attached hydrogen (secondary N) is 1. The molecule has 0 amide bonds. The van der Waals surface area contributed by atoms with Gasteiger partial charge in [0, 0.05) is 48.9 Å². The van der Waals surface area contributed by atoms with Crippen molar-refractivity contribution in [2.75, 3.05) is 18.0 Å². The molecule has 0 bridgehead atoms. The lowest BCUT2D eigenvalue weighted by Crippen LogP contribution is -2.44. The number of hydrogen-bond acceptors (Lipinski definition) is 6. The van der Waals surface area contributed by atoms with Crippen LogP contribution in [0.3, 0.4) is 0 Å². The van der Waals surface area contributed by atoms with Gasteiger partial charge in [-0.2, -0.15) is 5.10 Å². The topological polar surface area (TPSA) is 79.1 Å². The van der Waals surface area contributed by atoms with E-state index in [1.165, 1.54) is 4.68 Å². The fourth-order valence-corrected chi connectivity index (χ4v) is 4.46. The number of rotatable bonds is 3. The molecule has 1 aliphatic heterocycles. The van der Waals surface area contributed by atoms with Crippen molar-refractivity contribution in [2.45, 2.75) is 38.8 Å². The van der Waals surface area contributed by atoms with Crippen molar-refractivity contribution in [3.8, 4) is 17.0 Å². The minimum Gasteiger partial charge on any atom is -0.504 e. The van der Waals surface area contributed by atoms with E-state index in [0.29, 0.717) is 28.2 Å². The Morgan fingerprint density at radius 1 is 1.12 bits per heavy atom. The van der Waals surface area contributed by atoms with E-state index in [4.69, 9.17) is 4.98 Å². The van der Waals surface area contributed by atoms with Gasteiger partial charge in [0.05, 0.1) is 16.7 Å². The van der Waals surface area contributed by atoms with Crippen LogP contribution < -0.4 is 10.2 Å². The molecule has 5 rings (SSSR count). The highest BCUT2D eigenvalue weighted by Gasteiger charge is 2.26. The molecule has 1 aromatic carbocycles. The second kappa shape index (κ2) is 7.41. The van der Waals surface area contributed by atoms with Gasteiger partial charge in [0.15, 0.2) is 11.6 Å². The standard InChI is InChI=1S/C24H27FN6O/c1-24(2,3)28-15-9-10-31(13-15)20-8-7-18-19(27-20)6-5-17(26-18)16-11-14-12-30(4)29-22(14)21(25)23(16)32/h5-8,11-12,15,28,32H,9-10,13H2,1-4H3/t15-/m1/s1. The number of aromatic hydroxyl groups is 1. The molecular weight excluding hydrogens is 407 g/mol. The number of benzene rings is 1. The van der Waals surface area contributed by atoms with Crippen molar-refractivity contribution in [3.63, 3.8) is 0 Å². The Morgan fingerprint density at radius 2 is 1.88 bits per heavy atom. The molecule has 0 aliphatic carbocycles. The van der Waals surface area contributed by atoms with Crippen molar-refractivity contribution in [2.24, 2.45) is 7.05 Å². The van der Waals surface area contributed by atoms with Gasteiger partial charge in [0.2, 0.25) is 0 Å². The first-order valence-corrected chi connectivity index (χ1v) is 10.8. The summed E-state index contributed by atoms with van der Waals surface area (Å²) in [6, 6.07) is 9.69. The fourth-order valence-electron chi connectivity index (χ4n) is 4.46. The third-order valence-electron chi connectivity index (χ3n) is 5.78. The maximum atomic E-state index is 14.7. The largest absolute Gasteiger partial charge is 0.504 e. The maximum absolute atomic E-state index is 14.7. The monoisotopic (exact) mass is 434 g/mol. The fraction of sp³-hybridized carbons (Fsp3) is 0.375. The molecule has 8 heteroatoms. The number of halogens is 1. The zero-order valence-corrected chi connectivity index (χ0v) is 18.7. The highest BCUT2D eigenvalue weighted by molar-refractivity contribution is 5.89. The first-order chi connectivity index (χ1) is 15.2. The smallest absolute Gasteiger partial charge is 0.193 e. The van der Waals surface area contributed by atoms with E-state index < -0.39 is 11.6 Å². The van der Waals surface area contributed by atoms with Crippen LogP contribution in [0.1, 0.15) is 27.2 Å². The summed E-state index contributed by atoms with van der Waals surface area (Å²) in [4.78, 5) is 11.7. The molecule has 3 aromatic heterocycles. The number of anilines is 1. The molecule has 4 heterocycles. The second-order valence-corrected chi connectivity index (χ2v) is 9.56. The van der Waals surface area contributed by atoms with Gasteiger partial charge in [0.25, 0.3) is 0 Å². The minimum absolute atomic E-state index is 0.0850. The van der Waals surface area contributed by atoms with Gasteiger partial charge < -0.3 is 15.3 Å². The van der Waals surface area contributed by atoms with E-state index in [1.807, 2.05) is 18.2 Å². The average molecular weight is 435 g/mol. The van der Waals surface area contributed by atoms with E-state index in [1.54, 1.807) is 25.4 Å². The third-order valence-corrected chi connectivity index (χ3v) is 5.78. The molecule has 7 nitrogen and oxygen atoms in total. The molecule has 1 aliphatic rings. The zero-order chi connectivity index (χ0) is 22.6. The number of fused-ring (bicyclic) bond motifs is 2. The van der Waals surface area contributed by atoms with Crippen LogP contribution >= 0.6 is 0 Å². The van der Waals surface area contributed by atoms with Crippen LogP contribution in [0.25, 0.3) is 33.2 Å². The number of aromatic nitrogens is 4. The SMILES string of the molecule is Cn1cc2cc(-c3ccc4nc(N5CC[C@@H](NC(C)(C)C)C5)ccc4n3)c(O)c(F)c2n1. The molecule has 1 saturated heterocycles. The van der Waals surface area contributed by atoms with Gasteiger partial charge in [-0.1, -0.05) is 0 Å². The first kappa shape index (κ1) is 20.6. The summed E-state index contributed by atoms with van der Waals surface area (Å²) >= 11 is 0. The van der Waals surface area contributed by atoms with Crippen molar-refractivity contribution < 1.29 is 9.50 Å². The highest BCUT2D eigenvalue weighted by atomic mass is 19.1. The molecule has 0 saturated carbocycles. The summed E-state index contributed by atoms with van der Waals surface area (Å²) < 4.78 is 16.2. The van der Waals surface area contributed by atoms with Crippen LogP contribution in [0, 0.1) is 5.82 Å².